The number of esters is 1. The van der Waals surface area contributed by atoms with Crippen molar-refractivity contribution >= 4 is 23.5 Å². The van der Waals surface area contributed by atoms with Crippen LogP contribution in [0.4, 0.5) is 18.9 Å². The number of benzene rings is 1. The molecule has 2 amide bonds. The van der Waals surface area contributed by atoms with Gasteiger partial charge in [0.2, 0.25) is 11.8 Å². The van der Waals surface area contributed by atoms with Crippen LogP contribution in [0.25, 0.3) is 0 Å². The number of ether oxygens (including phenoxy) is 1. The topological polar surface area (TPSA) is 75.7 Å². The van der Waals surface area contributed by atoms with Crippen molar-refractivity contribution in [2.24, 2.45) is 17.8 Å². The van der Waals surface area contributed by atoms with E-state index in [1.807, 2.05) is 0 Å². The van der Waals surface area contributed by atoms with Crippen LogP contribution in [0.2, 0.25) is 0 Å². The summed E-state index contributed by atoms with van der Waals surface area (Å²) >= 11 is 0. The molecule has 152 valence electrons. The van der Waals surface area contributed by atoms with Crippen molar-refractivity contribution in [3.63, 3.8) is 0 Å². The second kappa shape index (κ2) is 7.81. The molecule has 1 N–H and O–H groups in total. The third-order valence-corrected chi connectivity index (χ3v) is 5.04. The summed E-state index contributed by atoms with van der Waals surface area (Å²) in [6, 6.07) is 4.22. The van der Waals surface area contributed by atoms with Gasteiger partial charge in [-0.25, -0.2) is 0 Å². The summed E-state index contributed by atoms with van der Waals surface area (Å²) in [5.41, 5.74) is -0.936. The first-order valence-corrected chi connectivity index (χ1v) is 9.17. The number of likely N-dealkylation sites (tertiary alicyclic amines) is 1. The number of nitrogens with one attached hydrogen (secondary N) is 1. The van der Waals surface area contributed by atoms with E-state index in [2.05, 4.69) is 5.32 Å². The van der Waals surface area contributed by atoms with Crippen LogP contribution < -0.4 is 5.32 Å². The largest absolute Gasteiger partial charge is 0.466 e. The molecule has 0 unspecified atom stereocenters. The molecule has 1 aromatic carbocycles. The smallest absolute Gasteiger partial charge is 0.416 e. The molecule has 2 aliphatic rings. The van der Waals surface area contributed by atoms with Crippen LogP contribution in [-0.2, 0) is 25.3 Å². The molecular weight excluding hydrogens is 377 g/mol. The van der Waals surface area contributed by atoms with E-state index in [-0.39, 0.29) is 18.2 Å². The monoisotopic (exact) mass is 398 g/mol. The number of halogens is 3. The van der Waals surface area contributed by atoms with E-state index in [1.165, 1.54) is 12.1 Å². The number of hydrogen-bond donors (Lipinski definition) is 1. The van der Waals surface area contributed by atoms with Crippen molar-refractivity contribution in [1.82, 2.24) is 4.90 Å². The average molecular weight is 398 g/mol. The van der Waals surface area contributed by atoms with Gasteiger partial charge in [0.15, 0.2) is 0 Å². The maximum Gasteiger partial charge on any atom is 0.416 e. The fourth-order valence-electron chi connectivity index (χ4n) is 3.62. The first kappa shape index (κ1) is 20.2. The Bertz CT molecular complexity index is 775. The van der Waals surface area contributed by atoms with E-state index >= 15 is 0 Å². The van der Waals surface area contributed by atoms with Gasteiger partial charge in [-0.1, -0.05) is 6.07 Å². The first-order chi connectivity index (χ1) is 13.2. The van der Waals surface area contributed by atoms with Gasteiger partial charge in [0.25, 0.3) is 0 Å². The molecule has 3 rings (SSSR count). The number of alkyl halides is 3. The molecule has 1 heterocycles. The average Bonchev–Trinajstić information content (AvgIpc) is 3.15. The fourth-order valence-corrected chi connectivity index (χ4v) is 3.62. The summed E-state index contributed by atoms with van der Waals surface area (Å²) in [6.45, 7) is 2.89. The standard InChI is InChI=1S/C19H21F3N2O4/c1-2-28-18(27)15-13(14(15)17(26)24-8-3-4-9-24)16(25)23-12-7-5-6-11(10-12)19(20,21)22/h5-7,10,13-15H,2-4,8-9H2,1H3,(H,23,25)/t13-,14-,15-/m1/s1. The number of hydrogen-bond acceptors (Lipinski definition) is 4. The van der Waals surface area contributed by atoms with Crippen LogP contribution in [0, 0.1) is 17.8 Å². The van der Waals surface area contributed by atoms with Crippen LogP contribution in [0.3, 0.4) is 0 Å². The molecule has 9 heteroatoms. The highest BCUT2D eigenvalue weighted by molar-refractivity contribution is 6.05. The van der Waals surface area contributed by atoms with Crippen molar-refractivity contribution in [3.8, 4) is 0 Å². The van der Waals surface area contributed by atoms with Gasteiger partial charge in [-0.05, 0) is 38.0 Å². The molecule has 2 fully saturated rings. The van der Waals surface area contributed by atoms with Gasteiger partial charge in [0.1, 0.15) is 0 Å². The van der Waals surface area contributed by atoms with Crippen LogP contribution in [0.1, 0.15) is 25.3 Å². The third kappa shape index (κ3) is 4.13. The zero-order valence-electron chi connectivity index (χ0n) is 15.3. The Morgan fingerprint density at radius 2 is 1.82 bits per heavy atom. The van der Waals surface area contributed by atoms with Crippen LogP contribution in [0.15, 0.2) is 24.3 Å². The second-order valence-electron chi connectivity index (χ2n) is 6.93. The molecule has 1 saturated heterocycles. The predicted octanol–water partition coefficient (Wildman–Crippen LogP) is 2.69. The van der Waals surface area contributed by atoms with Gasteiger partial charge in [-0.2, -0.15) is 13.2 Å². The van der Waals surface area contributed by atoms with Gasteiger partial charge >= 0.3 is 12.1 Å². The van der Waals surface area contributed by atoms with Crippen LogP contribution in [0.5, 0.6) is 0 Å². The highest BCUT2D eigenvalue weighted by Crippen LogP contribution is 2.49. The number of amides is 2. The Morgan fingerprint density at radius 3 is 2.43 bits per heavy atom. The molecule has 0 spiro atoms. The van der Waals surface area contributed by atoms with Crippen molar-refractivity contribution in [1.29, 1.82) is 0 Å². The lowest BCUT2D eigenvalue weighted by molar-refractivity contribution is -0.147. The van der Waals surface area contributed by atoms with E-state index in [1.54, 1.807) is 11.8 Å². The number of nitrogens with zero attached hydrogens (tertiary/aromatic N) is 1. The Hall–Kier alpha value is -2.58. The fraction of sp³-hybridized carbons (Fsp3) is 0.526. The minimum Gasteiger partial charge on any atom is -0.466 e. The molecule has 1 aliphatic heterocycles. The van der Waals surface area contributed by atoms with E-state index < -0.39 is 41.4 Å². The lowest BCUT2D eigenvalue weighted by atomic mass is 10.2. The number of carbonyl (C=O) groups excluding carboxylic acids is 3. The van der Waals surface area contributed by atoms with E-state index in [4.69, 9.17) is 4.74 Å². The van der Waals surface area contributed by atoms with E-state index in [9.17, 15) is 27.6 Å². The Morgan fingerprint density at radius 1 is 1.14 bits per heavy atom. The summed E-state index contributed by atoms with van der Waals surface area (Å²) in [5.74, 6) is -4.25. The van der Waals surface area contributed by atoms with Gasteiger partial charge < -0.3 is 15.0 Å². The summed E-state index contributed by atoms with van der Waals surface area (Å²) in [7, 11) is 0. The maximum atomic E-state index is 12.8. The summed E-state index contributed by atoms with van der Waals surface area (Å²) in [4.78, 5) is 39.1. The quantitative estimate of drug-likeness (QED) is 0.774. The lowest BCUT2D eigenvalue weighted by Gasteiger charge is -2.15. The van der Waals surface area contributed by atoms with Crippen LogP contribution >= 0.6 is 0 Å². The summed E-state index contributed by atoms with van der Waals surface area (Å²) < 4.78 is 43.5. The number of anilines is 1. The van der Waals surface area contributed by atoms with Gasteiger partial charge in [-0.3, -0.25) is 14.4 Å². The molecular formula is C19H21F3N2O4. The van der Waals surface area contributed by atoms with Crippen molar-refractivity contribution in [2.45, 2.75) is 25.9 Å². The number of carbonyl (C=O) groups is 3. The van der Waals surface area contributed by atoms with Gasteiger partial charge in [0, 0.05) is 18.8 Å². The maximum absolute atomic E-state index is 12.8. The highest BCUT2D eigenvalue weighted by atomic mass is 19.4. The molecule has 1 aliphatic carbocycles. The minimum atomic E-state index is -4.54. The molecule has 3 atom stereocenters. The zero-order chi connectivity index (χ0) is 20.5. The first-order valence-electron chi connectivity index (χ1n) is 9.17. The Labute approximate surface area is 160 Å². The second-order valence-corrected chi connectivity index (χ2v) is 6.93. The molecule has 1 aromatic rings. The molecule has 0 bridgehead atoms. The van der Waals surface area contributed by atoms with Crippen molar-refractivity contribution in [2.75, 3.05) is 25.0 Å². The normalized spacial score (nSPS) is 24.0. The lowest BCUT2D eigenvalue weighted by Crippen LogP contribution is -2.31. The molecule has 1 saturated carbocycles. The minimum absolute atomic E-state index is 0.0401. The summed E-state index contributed by atoms with van der Waals surface area (Å²) in [5, 5.41) is 2.40. The van der Waals surface area contributed by atoms with Gasteiger partial charge in [0.05, 0.1) is 29.9 Å². The molecule has 28 heavy (non-hydrogen) atoms. The summed E-state index contributed by atoms with van der Waals surface area (Å²) in [6.07, 6.45) is -2.81. The van der Waals surface area contributed by atoms with E-state index in [0.717, 1.165) is 25.0 Å². The Balaban J connectivity index is 1.74. The molecule has 6 nitrogen and oxygen atoms in total. The third-order valence-electron chi connectivity index (χ3n) is 5.04. The Kier molecular flexibility index (Phi) is 5.62. The van der Waals surface area contributed by atoms with Crippen molar-refractivity contribution in [3.05, 3.63) is 29.8 Å². The van der Waals surface area contributed by atoms with E-state index in [0.29, 0.717) is 13.1 Å². The zero-order valence-corrected chi connectivity index (χ0v) is 15.3. The number of rotatable bonds is 5. The predicted molar refractivity (Wildman–Crippen MR) is 93.0 cm³/mol. The molecule has 0 radical (unpaired) electrons. The van der Waals surface area contributed by atoms with Crippen LogP contribution in [-0.4, -0.2) is 42.4 Å². The molecule has 0 aromatic heterocycles. The SMILES string of the molecule is CCOC(=O)[C@@H]1[C@H](C(=O)Nc2cccc(C(F)(F)F)c2)[C@H]1C(=O)N1CCCC1. The highest BCUT2D eigenvalue weighted by Gasteiger charge is 2.64. The van der Waals surface area contributed by atoms with Gasteiger partial charge in [-0.15, -0.1) is 0 Å². The van der Waals surface area contributed by atoms with Crippen molar-refractivity contribution < 1.29 is 32.3 Å².